The summed E-state index contributed by atoms with van der Waals surface area (Å²) in [6.45, 7) is 2.86. The van der Waals surface area contributed by atoms with Gasteiger partial charge in [-0.25, -0.2) is 0 Å². The zero-order valence-electron chi connectivity index (χ0n) is 11.0. The van der Waals surface area contributed by atoms with Crippen molar-refractivity contribution in [3.8, 4) is 0 Å². The fourth-order valence-electron chi connectivity index (χ4n) is 2.31. The number of carbonyl (C=O) groups excluding carboxylic acids is 1. The van der Waals surface area contributed by atoms with Gasteiger partial charge in [0.25, 0.3) is 0 Å². The Balaban J connectivity index is 1.94. The molecule has 0 aromatic carbocycles. The zero-order valence-corrected chi connectivity index (χ0v) is 11.0. The quantitative estimate of drug-likeness (QED) is 0.769. The van der Waals surface area contributed by atoms with Crippen LogP contribution in [-0.4, -0.2) is 35.5 Å². The molecule has 0 unspecified atom stereocenters. The van der Waals surface area contributed by atoms with Gasteiger partial charge < -0.3 is 4.74 Å². The second-order valence-corrected chi connectivity index (χ2v) is 4.86. The van der Waals surface area contributed by atoms with Crippen LogP contribution in [0.2, 0.25) is 0 Å². The number of piperidine rings is 1. The highest BCUT2D eigenvalue weighted by atomic mass is 16.5. The van der Waals surface area contributed by atoms with Gasteiger partial charge in [-0.1, -0.05) is 12.5 Å². The lowest BCUT2D eigenvalue weighted by Gasteiger charge is -2.31. The van der Waals surface area contributed by atoms with Crippen molar-refractivity contribution < 1.29 is 9.53 Å². The van der Waals surface area contributed by atoms with E-state index in [4.69, 9.17) is 4.74 Å². The minimum Gasteiger partial charge on any atom is -0.457 e. The summed E-state index contributed by atoms with van der Waals surface area (Å²) in [5, 5.41) is 0. The molecule has 4 heteroatoms. The van der Waals surface area contributed by atoms with Crippen molar-refractivity contribution >= 4 is 5.97 Å². The van der Waals surface area contributed by atoms with Crippen LogP contribution in [-0.2, 0) is 9.53 Å². The van der Waals surface area contributed by atoms with Crippen molar-refractivity contribution in [2.24, 2.45) is 0 Å². The summed E-state index contributed by atoms with van der Waals surface area (Å²) in [6.07, 6.45) is 6.38. The number of esters is 1. The van der Waals surface area contributed by atoms with Gasteiger partial charge in [0.15, 0.2) is 0 Å². The molecule has 18 heavy (non-hydrogen) atoms. The van der Waals surface area contributed by atoms with Crippen molar-refractivity contribution in [1.82, 2.24) is 9.88 Å². The van der Waals surface area contributed by atoms with Crippen LogP contribution in [0.25, 0.3) is 0 Å². The lowest BCUT2D eigenvalue weighted by atomic mass is 10.0. The van der Waals surface area contributed by atoms with Crippen molar-refractivity contribution in [3.05, 3.63) is 30.1 Å². The number of likely N-dealkylation sites (N-methyl/N-ethyl adjacent to an activating group) is 1. The van der Waals surface area contributed by atoms with Gasteiger partial charge in [0, 0.05) is 18.0 Å². The van der Waals surface area contributed by atoms with Gasteiger partial charge in [0.2, 0.25) is 0 Å². The largest absolute Gasteiger partial charge is 0.457 e. The molecule has 2 atom stereocenters. The summed E-state index contributed by atoms with van der Waals surface area (Å²) in [7, 11) is 1.99. The molecule has 2 rings (SSSR count). The number of likely N-dealkylation sites (tertiary alicyclic amines) is 1. The Bertz CT molecular complexity index is 394. The first-order valence-corrected chi connectivity index (χ1v) is 6.49. The Morgan fingerprint density at radius 1 is 1.56 bits per heavy atom. The molecular weight excluding hydrogens is 228 g/mol. The Kier molecular flexibility index (Phi) is 4.31. The van der Waals surface area contributed by atoms with Gasteiger partial charge in [-0.2, -0.15) is 0 Å². The van der Waals surface area contributed by atoms with Crippen molar-refractivity contribution in [2.75, 3.05) is 13.6 Å². The highest BCUT2D eigenvalue weighted by Crippen LogP contribution is 2.21. The number of carbonyl (C=O) groups is 1. The van der Waals surface area contributed by atoms with E-state index in [0.717, 1.165) is 24.9 Å². The number of hydrogen-bond acceptors (Lipinski definition) is 4. The summed E-state index contributed by atoms with van der Waals surface area (Å²) in [6, 6.07) is 3.69. The predicted molar refractivity (Wildman–Crippen MR) is 69.0 cm³/mol. The van der Waals surface area contributed by atoms with Gasteiger partial charge >= 0.3 is 5.97 Å². The third kappa shape index (κ3) is 3.07. The molecule has 0 saturated carbocycles. The molecule has 0 spiro atoms. The SMILES string of the molecule is C[C@@H](OC(=O)[C@@H]1CCCCN1C)c1cccnc1. The minimum atomic E-state index is -0.235. The molecule has 0 radical (unpaired) electrons. The molecule has 2 heterocycles. The predicted octanol–water partition coefficient (Wildman–Crippen LogP) is 2.17. The number of ether oxygens (including phenoxy) is 1. The number of pyridine rings is 1. The molecule has 0 aliphatic carbocycles. The average molecular weight is 248 g/mol. The molecule has 98 valence electrons. The van der Waals surface area contributed by atoms with E-state index in [2.05, 4.69) is 9.88 Å². The maximum atomic E-state index is 12.1. The van der Waals surface area contributed by atoms with Crippen LogP contribution in [0, 0.1) is 0 Å². The second kappa shape index (κ2) is 5.96. The van der Waals surface area contributed by atoms with E-state index in [1.165, 1.54) is 6.42 Å². The molecule has 1 fully saturated rings. The molecule has 1 aromatic rings. The molecule has 0 N–H and O–H groups in total. The summed E-state index contributed by atoms with van der Waals surface area (Å²) < 4.78 is 5.53. The number of hydrogen-bond donors (Lipinski definition) is 0. The molecule has 0 amide bonds. The monoisotopic (exact) mass is 248 g/mol. The average Bonchev–Trinajstić information content (AvgIpc) is 2.40. The molecule has 1 aromatic heterocycles. The molecule has 4 nitrogen and oxygen atoms in total. The Morgan fingerprint density at radius 3 is 3.06 bits per heavy atom. The van der Waals surface area contributed by atoms with E-state index in [9.17, 15) is 4.79 Å². The Morgan fingerprint density at radius 2 is 2.39 bits per heavy atom. The van der Waals surface area contributed by atoms with E-state index in [1.54, 1.807) is 12.4 Å². The molecule has 1 aliphatic heterocycles. The van der Waals surface area contributed by atoms with Gasteiger partial charge in [-0.05, 0) is 39.4 Å². The first-order chi connectivity index (χ1) is 8.68. The van der Waals surface area contributed by atoms with Crippen LogP contribution in [0.5, 0.6) is 0 Å². The lowest BCUT2D eigenvalue weighted by Crippen LogP contribution is -2.43. The van der Waals surface area contributed by atoms with Crippen molar-refractivity contribution in [3.63, 3.8) is 0 Å². The Labute approximate surface area is 108 Å². The zero-order chi connectivity index (χ0) is 13.0. The van der Waals surface area contributed by atoms with Gasteiger partial charge in [0.1, 0.15) is 12.1 Å². The third-order valence-electron chi connectivity index (χ3n) is 3.49. The molecular formula is C14H20N2O2. The van der Waals surface area contributed by atoms with Crippen LogP contribution in [0.1, 0.15) is 37.9 Å². The number of aromatic nitrogens is 1. The molecule has 0 bridgehead atoms. The maximum absolute atomic E-state index is 12.1. The summed E-state index contributed by atoms with van der Waals surface area (Å²) >= 11 is 0. The highest BCUT2D eigenvalue weighted by molar-refractivity contribution is 5.76. The number of rotatable bonds is 3. The van der Waals surface area contributed by atoms with Gasteiger partial charge in [0.05, 0.1) is 0 Å². The minimum absolute atomic E-state index is 0.0853. The molecule has 1 saturated heterocycles. The van der Waals surface area contributed by atoms with E-state index >= 15 is 0 Å². The first kappa shape index (κ1) is 13.0. The summed E-state index contributed by atoms with van der Waals surface area (Å²) in [5.41, 5.74) is 0.935. The van der Waals surface area contributed by atoms with E-state index < -0.39 is 0 Å². The summed E-state index contributed by atoms with van der Waals surface area (Å²) in [5.74, 6) is -0.117. The van der Waals surface area contributed by atoms with Crippen LogP contribution < -0.4 is 0 Å². The van der Waals surface area contributed by atoms with Crippen LogP contribution in [0.4, 0.5) is 0 Å². The van der Waals surface area contributed by atoms with Crippen molar-refractivity contribution in [1.29, 1.82) is 0 Å². The van der Waals surface area contributed by atoms with Crippen molar-refractivity contribution in [2.45, 2.75) is 38.3 Å². The summed E-state index contributed by atoms with van der Waals surface area (Å²) in [4.78, 5) is 18.2. The van der Waals surface area contributed by atoms with Gasteiger partial charge in [-0.3, -0.25) is 14.7 Å². The van der Waals surface area contributed by atoms with Crippen LogP contribution in [0.3, 0.4) is 0 Å². The molecule has 1 aliphatic rings. The number of nitrogens with zero attached hydrogens (tertiary/aromatic N) is 2. The fraction of sp³-hybridized carbons (Fsp3) is 0.571. The van der Waals surface area contributed by atoms with E-state index in [0.29, 0.717) is 0 Å². The van der Waals surface area contributed by atoms with E-state index in [-0.39, 0.29) is 18.1 Å². The highest BCUT2D eigenvalue weighted by Gasteiger charge is 2.28. The first-order valence-electron chi connectivity index (χ1n) is 6.49. The topological polar surface area (TPSA) is 42.4 Å². The smallest absolute Gasteiger partial charge is 0.323 e. The van der Waals surface area contributed by atoms with E-state index in [1.807, 2.05) is 26.1 Å². The van der Waals surface area contributed by atoms with Crippen LogP contribution in [0.15, 0.2) is 24.5 Å². The maximum Gasteiger partial charge on any atom is 0.323 e. The van der Waals surface area contributed by atoms with Gasteiger partial charge in [-0.15, -0.1) is 0 Å². The fourth-order valence-corrected chi connectivity index (χ4v) is 2.31. The lowest BCUT2D eigenvalue weighted by molar-refractivity contribution is -0.155. The normalized spacial score (nSPS) is 22.4. The third-order valence-corrected chi connectivity index (χ3v) is 3.49. The Hall–Kier alpha value is -1.42. The standard InChI is InChI=1S/C14H20N2O2/c1-11(12-6-5-8-15-10-12)18-14(17)13-7-3-4-9-16(13)2/h5-6,8,10-11,13H,3-4,7,9H2,1-2H3/t11-,13+/m1/s1. The second-order valence-electron chi connectivity index (χ2n) is 4.86. The van der Waals surface area contributed by atoms with Crippen LogP contribution >= 0.6 is 0 Å².